The van der Waals surface area contributed by atoms with Crippen LogP contribution in [0, 0.1) is 5.92 Å². The summed E-state index contributed by atoms with van der Waals surface area (Å²) in [5.41, 5.74) is 1.82. The maximum Gasteiger partial charge on any atom is 0.307 e. The molecule has 1 aliphatic rings. The summed E-state index contributed by atoms with van der Waals surface area (Å²) in [5, 5.41) is 12.1. The van der Waals surface area contributed by atoms with Crippen molar-refractivity contribution >= 4 is 5.97 Å². The van der Waals surface area contributed by atoms with E-state index in [2.05, 4.69) is 5.32 Å². The van der Waals surface area contributed by atoms with Crippen molar-refractivity contribution in [2.24, 2.45) is 5.92 Å². The third-order valence-corrected chi connectivity index (χ3v) is 3.23. The average molecular weight is 249 g/mol. The zero-order valence-corrected chi connectivity index (χ0v) is 10.4. The Bertz CT molecular complexity index is 400. The summed E-state index contributed by atoms with van der Waals surface area (Å²) < 4.78 is 5.69. The van der Waals surface area contributed by atoms with Crippen molar-refractivity contribution in [3.63, 3.8) is 0 Å². The molecule has 4 nitrogen and oxygen atoms in total. The minimum absolute atomic E-state index is 0.0600. The lowest BCUT2D eigenvalue weighted by atomic mass is 10.1. The van der Waals surface area contributed by atoms with Gasteiger partial charge in [0.2, 0.25) is 0 Å². The fraction of sp³-hybridized carbons (Fsp3) is 0.500. The first kappa shape index (κ1) is 13.1. The highest BCUT2D eigenvalue weighted by Crippen LogP contribution is 2.13. The summed E-state index contributed by atoms with van der Waals surface area (Å²) in [6, 6.07) is 7.57. The second-order valence-corrected chi connectivity index (χ2v) is 4.71. The monoisotopic (exact) mass is 249 g/mol. The molecule has 1 aliphatic heterocycles. The van der Waals surface area contributed by atoms with Gasteiger partial charge < -0.3 is 15.2 Å². The van der Waals surface area contributed by atoms with Crippen LogP contribution in [0.2, 0.25) is 0 Å². The van der Waals surface area contributed by atoms with Gasteiger partial charge in [-0.05, 0) is 30.0 Å². The Kier molecular flexibility index (Phi) is 4.73. The highest BCUT2D eigenvalue weighted by Gasteiger charge is 2.14. The van der Waals surface area contributed by atoms with E-state index in [1.165, 1.54) is 0 Å². The Morgan fingerprint density at radius 3 is 2.83 bits per heavy atom. The van der Waals surface area contributed by atoms with Crippen LogP contribution in [0.4, 0.5) is 0 Å². The van der Waals surface area contributed by atoms with Crippen molar-refractivity contribution < 1.29 is 14.6 Å². The summed E-state index contributed by atoms with van der Waals surface area (Å²) in [6.07, 6.45) is 1.22. The number of carboxylic acids is 1. The van der Waals surface area contributed by atoms with Crippen LogP contribution in [0.3, 0.4) is 0 Å². The van der Waals surface area contributed by atoms with Gasteiger partial charge in [0.25, 0.3) is 0 Å². The highest BCUT2D eigenvalue weighted by molar-refractivity contribution is 5.70. The molecule has 0 spiro atoms. The molecule has 0 aliphatic carbocycles. The molecule has 2 N–H and O–H groups in total. The molecule has 1 unspecified atom stereocenters. The number of aliphatic carboxylic acids is 1. The van der Waals surface area contributed by atoms with Crippen molar-refractivity contribution in [2.75, 3.05) is 19.7 Å². The van der Waals surface area contributed by atoms with Crippen LogP contribution in [0.5, 0.6) is 0 Å². The number of benzene rings is 1. The molecule has 1 aromatic rings. The lowest BCUT2D eigenvalue weighted by Crippen LogP contribution is -2.14. The third kappa shape index (κ3) is 3.82. The Balaban J connectivity index is 1.85. The molecular formula is C14H19NO3. The Morgan fingerprint density at radius 1 is 1.39 bits per heavy atom. The molecule has 98 valence electrons. The van der Waals surface area contributed by atoms with Crippen molar-refractivity contribution in [2.45, 2.75) is 19.4 Å². The van der Waals surface area contributed by atoms with Gasteiger partial charge in [-0.2, -0.15) is 0 Å². The van der Waals surface area contributed by atoms with Crippen LogP contribution in [0.25, 0.3) is 0 Å². The number of carbonyl (C=O) groups is 1. The van der Waals surface area contributed by atoms with E-state index < -0.39 is 5.97 Å². The van der Waals surface area contributed by atoms with E-state index in [1.807, 2.05) is 24.3 Å². The molecule has 1 aromatic carbocycles. The normalized spacial score (nSPS) is 19.0. The molecule has 0 aromatic heterocycles. The van der Waals surface area contributed by atoms with E-state index in [0.717, 1.165) is 37.2 Å². The largest absolute Gasteiger partial charge is 0.481 e. The first-order valence-corrected chi connectivity index (χ1v) is 6.32. The van der Waals surface area contributed by atoms with Crippen LogP contribution in [0.15, 0.2) is 24.3 Å². The first-order valence-electron chi connectivity index (χ1n) is 6.32. The summed E-state index contributed by atoms with van der Waals surface area (Å²) in [7, 11) is 0. The van der Waals surface area contributed by atoms with Crippen LogP contribution in [0.1, 0.15) is 17.5 Å². The van der Waals surface area contributed by atoms with E-state index >= 15 is 0 Å². The van der Waals surface area contributed by atoms with Crippen LogP contribution < -0.4 is 5.32 Å². The third-order valence-electron chi connectivity index (χ3n) is 3.23. The Hall–Kier alpha value is -1.39. The van der Waals surface area contributed by atoms with E-state index in [9.17, 15) is 4.79 Å². The quantitative estimate of drug-likeness (QED) is 0.801. The van der Waals surface area contributed by atoms with Crippen molar-refractivity contribution in [3.8, 4) is 0 Å². The number of ether oxygens (including phenoxy) is 1. The molecule has 18 heavy (non-hydrogen) atoms. The molecule has 0 saturated carbocycles. The molecule has 0 bridgehead atoms. The molecule has 0 radical (unpaired) electrons. The van der Waals surface area contributed by atoms with Crippen molar-refractivity contribution in [3.05, 3.63) is 35.4 Å². The van der Waals surface area contributed by atoms with Gasteiger partial charge in [-0.1, -0.05) is 24.3 Å². The molecule has 1 saturated heterocycles. The number of hydrogen-bond acceptors (Lipinski definition) is 3. The van der Waals surface area contributed by atoms with Gasteiger partial charge >= 0.3 is 5.97 Å². The predicted molar refractivity (Wildman–Crippen MR) is 68.4 cm³/mol. The van der Waals surface area contributed by atoms with Gasteiger partial charge in [-0.25, -0.2) is 0 Å². The molecule has 1 heterocycles. The van der Waals surface area contributed by atoms with Gasteiger partial charge in [-0.15, -0.1) is 0 Å². The summed E-state index contributed by atoms with van der Waals surface area (Å²) in [5.74, 6) is -0.209. The first-order chi connectivity index (χ1) is 8.75. The van der Waals surface area contributed by atoms with E-state index in [0.29, 0.717) is 12.5 Å². The topological polar surface area (TPSA) is 58.6 Å². The van der Waals surface area contributed by atoms with E-state index in [1.54, 1.807) is 0 Å². The predicted octanol–water partition coefficient (Wildman–Crippen LogP) is 1.44. The highest BCUT2D eigenvalue weighted by atomic mass is 16.5. The van der Waals surface area contributed by atoms with Gasteiger partial charge in [0, 0.05) is 6.54 Å². The van der Waals surface area contributed by atoms with Gasteiger partial charge in [0.05, 0.1) is 19.6 Å². The molecule has 4 heteroatoms. The summed E-state index contributed by atoms with van der Waals surface area (Å²) in [4.78, 5) is 10.8. The smallest absolute Gasteiger partial charge is 0.307 e. The average Bonchev–Trinajstić information content (AvgIpc) is 2.84. The molecule has 1 fully saturated rings. The summed E-state index contributed by atoms with van der Waals surface area (Å²) in [6.45, 7) is 3.34. The number of nitrogens with one attached hydrogen (secondary N) is 1. The maximum absolute atomic E-state index is 10.8. The maximum atomic E-state index is 10.8. The van der Waals surface area contributed by atoms with E-state index in [4.69, 9.17) is 9.84 Å². The van der Waals surface area contributed by atoms with Gasteiger partial charge in [0.1, 0.15) is 0 Å². The SMILES string of the molecule is O=C(O)Cc1ccccc1COCC1CCNC1. The van der Waals surface area contributed by atoms with Gasteiger partial charge in [-0.3, -0.25) is 4.79 Å². The number of hydrogen-bond donors (Lipinski definition) is 2. The second-order valence-electron chi connectivity index (χ2n) is 4.71. The minimum Gasteiger partial charge on any atom is -0.481 e. The van der Waals surface area contributed by atoms with Crippen LogP contribution in [-0.4, -0.2) is 30.8 Å². The molecule has 2 rings (SSSR count). The van der Waals surface area contributed by atoms with E-state index in [-0.39, 0.29) is 6.42 Å². The van der Waals surface area contributed by atoms with Crippen LogP contribution >= 0.6 is 0 Å². The number of rotatable bonds is 6. The molecule has 1 atom stereocenters. The summed E-state index contributed by atoms with van der Waals surface area (Å²) >= 11 is 0. The zero-order valence-electron chi connectivity index (χ0n) is 10.4. The number of carboxylic acid groups (broad SMARTS) is 1. The lowest BCUT2D eigenvalue weighted by Gasteiger charge is -2.11. The lowest BCUT2D eigenvalue weighted by molar-refractivity contribution is -0.136. The van der Waals surface area contributed by atoms with Crippen molar-refractivity contribution in [1.82, 2.24) is 5.32 Å². The van der Waals surface area contributed by atoms with Crippen LogP contribution in [-0.2, 0) is 22.6 Å². The minimum atomic E-state index is -0.803. The Morgan fingerprint density at radius 2 is 2.17 bits per heavy atom. The standard InChI is InChI=1S/C14H19NO3/c16-14(17)7-12-3-1-2-4-13(12)10-18-9-11-5-6-15-8-11/h1-4,11,15H,5-10H2,(H,16,17). The van der Waals surface area contributed by atoms with Crippen molar-refractivity contribution in [1.29, 1.82) is 0 Å². The zero-order chi connectivity index (χ0) is 12.8. The second kappa shape index (κ2) is 6.52. The fourth-order valence-corrected chi connectivity index (χ4v) is 2.23. The fourth-order valence-electron chi connectivity index (χ4n) is 2.23. The molecular weight excluding hydrogens is 230 g/mol. The Labute approximate surface area is 107 Å². The molecule has 0 amide bonds. The van der Waals surface area contributed by atoms with Gasteiger partial charge in [0.15, 0.2) is 0 Å².